The fourth-order valence-electron chi connectivity index (χ4n) is 1.86. The van der Waals surface area contributed by atoms with E-state index in [1.807, 2.05) is 37.3 Å². The monoisotopic (exact) mass is 221 g/mol. The molecule has 1 fully saturated rings. The van der Waals surface area contributed by atoms with Gasteiger partial charge in [-0.2, -0.15) is 0 Å². The molecule has 0 unspecified atom stereocenters. The van der Waals surface area contributed by atoms with Crippen molar-refractivity contribution in [2.45, 2.75) is 19.1 Å². The first-order valence-electron chi connectivity index (χ1n) is 5.35. The van der Waals surface area contributed by atoms with Crippen LogP contribution in [0.5, 0.6) is 0 Å². The van der Waals surface area contributed by atoms with Gasteiger partial charge in [0.2, 0.25) is 0 Å². The number of hydrogen-bond acceptors (Lipinski definition) is 3. The Kier molecular flexibility index (Phi) is 3.10. The molecule has 1 heterocycles. The van der Waals surface area contributed by atoms with Gasteiger partial charge in [-0.1, -0.05) is 30.3 Å². The fourth-order valence-corrected chi connectivity index (χ4v) is 1.86. The van der Waals surface area contributed by atoms with E-state index in [4.69, 9.17) is 9.84 Å². The van der Waals surface area contributed by atoms with E-state index in [2.05, 4.69) is 0 Å². The third kappa shape index (κ3) is 2.02. The third-order valence-corrected chi connectivity index (χ3v) is 2.86. The summed E-state index contributed by atoms with van der Waals surface area (Å²) in [6.07, 6.45) is -0.742. The lowest BCUT2D eigenvalue weighted by molar-refractivity contribution is 0.0941. The molecule has 0 bridgehead atoms. The SMILES string of the molecule is C[C@@H](c1ccccc1)N1C[C@H](CO)OC1=O. The van der Waals surface area contributed by atoms with E-state index >= 15 is 0 Å². The van der Waals surface area contributed by atoms with Crippen molar-refractivity contribution in [3.63, 3.8) is 0 Å². The molecule has 1 aliphatic heterocycles. The summed E-state index contributed by atoms with van der Waals surface area (Å²) >= 11 is 0. The Balaban J connectivity index is 2.11. The highest BCUT2D eigenvalue weighted by Gasteiger charge is 2.34. The number of amides is 1. The number of benzene rings is 1. The van der Waals surface area contributed by atoms with Crippen LogP contribution >= 0.6 is 0 Å². The molecular weight excluding hydrogens is 206 g/mol. The molecule has 1 N–H and O–H groups in total. The molecule has 86 valence electrons. The highest BCUT2D eigenvalue weighted by Crippen LogP contribution is 2.25. The second-order valence-electron chi connectivity index (χ2n) is 3.93. The van der Waals surface area contributed by atoms with E-state index < -0.39 is 6.10 Å². The number of aliphatic hydroxyl groups excluding tert-OH is 1. The number of nitrogens with zero attached hydrogens (tertiary/aromatic N) is 1. The van der Waals surface area contributed by atoms with E-state index in [0.29, 0.717) is 6.54 Å². The number of carbonyl (C=O) groups excluding carboxylic acids is 1. The highest BCUT2D eigenvalue weighted by molar-refractivity contribution is 5.70. The Bertz CT molecular complexity index is 366. The molecule has 0 aromatic heterocycles. The topological polar surface area (TPSA) is 49.8 Å². The van der Waals surface area contributed by atoms with Crippen LogP contribution in [0.3, 0.4) is 0 Å². The minimum atomic E-state index is -0.390. The molecule has 4 nitrogen and oxygen atoms in total. The van der Waals surface area contributed by atoms with Gasteiger partial charge in [0.15, 0.2) is 0 Å². The van der Waals surface area contributed by atoms with Crippen LogP contribution in [0.1, 0.15) is 18.5 Å². The van der Waals surface area contributed by atoms with Gasteiger partial charge in [0, 0.05) is 0 Å². The highest BCUT2D eigenvalue weighted by atomic mass is 16.6. The Morgan fingerprint density at radius 1 is 1.50 bits per heavy atom. The van der Waals surface area contributed by atoms with Gasteiger partial charge in [-0.25, -0.2) is 4.79 Å². The minimum absolute atomic E-state index is 0.0229. The van der Waals surface area contributed by atoms with Crippen molar-refractivity contribution in [1.29, 1.82) is 0 Å². The van der Waals surface area contributed by atoms with Crippen LogP contribution in [0.4, 0.5) is 4.79 Å². The first kappa shape index (κ1) is 11.0. The largest absolute Gasteiger partial charge is 0.442 e. The van der Waals surface area contributed by atoms with E-state index in [-0.39, 0.29) is 18.7 Å². The first-order chi connectivity index (χ1) is 7.72. The summed E-state index contributed by atoms with van der Waals surface area (Å²) in [6, 6.07) is 9.75. The Labute approximate surface area is 94.4 Å². The standard InChI is InChI=1S/C12H15NO3/c1-9(10-5-3-2-4-6-10)13-7-11(8-14)16-12(13)15/h2-6,9,11,14H,7-8H2,1H3/t9-,11+/m0/s1. The lowest BCUT2D eigenvalue weighted by Crippen LogP contribution is -2.28. The fraction of sp³-hybridized carbons (Fsp3) is 0.417. The van der Waals surface area contributed by atoms with Crippen LogP contribution < -0.4 is 0 Å². The van der Waals surface area contributed by atoms with E-state index in [9.17, 15) is 4.79 Å². The number of aliphatic hydroxyl groups is 1. The summed E-state index contributed by atoms with van der Waals surface area (Å²) in [5.74, 6) is 0. The maximum absolute atomic E-state index is 11.6. The lowest BCUT2D eigenvalue weighted by atomic mass is 10.1. The van der Waals surface area contributed by atoms with Crippen LogP contribution in [0.2, 0.25) is 0 Å². The van der Waals surface area contributed by atoms with Gasteiger partial charge < -0.3 is 9.84 Å². The van der Waals surface area contributed by atoms with Gasteiger partial charge in [-0.15, -0.1) is 0 Å². The minimum Gasteiger partial charge on any atom is -0.442 e. The molecule has 16 heavy (non-hydrogen) atoms. The number of cyclic esters (lactones) is 1. The third-order valence-electron chi connectivity index (χ3n) is 2.86. The smallest absolute Gasteiger partial charge is 0.410 e. The summed E-state index contributed by atoms with van der Waals surface area (Å²) in [4.78, 5) is 13.2. The Hall–Kier alpha value is -1.55. The van der Waals surface area contributed by atoms with Crippen molar-refractivity contribution in [3.05, 3.63) is 35.9 Å². The zero-order valence-electron chi connectivity index (χ0n) is 9.17. The Morgan fingerprint density at radius 2 is 2.19 bits per heavy atom. The molecule has 4 heteroatoms. The molecule has 0 radical (unpaired) electrons. The molecular formula is C12H15NO3. The van der Waals surface area contributed by atoms with Gasteiger partial charge >= 0.3 is 6.09 Å². The molecule has 1 amide bonds. The molecule has 1 aromatic rings. The molecule has 2 rings (SSSR count). The maximum Gasteiger partial charge on any atom is 0.410 e. The van der Waals surface area contributed by atoms with E-state index in [1.165, 1.54) is 0 Å². The van der Waals surface area contributed by atoms with Gasteiger partial charge in [0.25, 0.3) is 0 Å². The lowest BCUT2D eigenvalue weighted by Gasteiger charge is -2.22. The number of carbonyl (C=O) groups is 1. The van der Waals surface area contributed by atoms with Crippen LogP contribution in [0.25, 0.3) is 0 Å². The predicted octanol–water partition coefficient (Wildman–Crippen LogP) is 1.56. The summed E-state index contributed by atoms with van der Waals surface area (Å²) in [5.41, 5.74) is 1.07. The normalized spacial score (nSPS) is 22.0. The van der Waals surface area contributed by atoms with Gasteiger partial charge in [0.05, 0.1) is 19.2 Å². The van der Waals surface area contributed by atoms with Crippen LogP contribution in [-0.4, -0.2) is 35.4 Å². The van der Waals surface area contributed by atoms with Crippen LogP contribution in [0, 0.1) is 0 Å². The van der Waals surface area contributed by atoms with Crippen LogP contribution in [-0.2, 0) is 4.74 Å². The summed E-state index contributed by atoms with van der Waals surface area (Å²) < 4.78 is 5.00. The zero-order chi connectivity index (χ0) is 11.5. The molecule has 1 saturated heterocycles. The number of ether oxygens (including phenoxy) is 1. The molecule has 0 spiro atoms. The van der Waals surface area contributed by atoms with Crippen molar-refractivity contribution in [1.82, 2.24) is 4.90 Å². The molecule has 1 aromatic carbocycles. The number of rotatable bonds is 3. The quantitative estimate of drug-likeness (QED) is 0.842. The van der Waals surface area contributed by atoms with Crippen molar-refractivity contribution in [3.8, 4) is 0 Å². The van der Waals surface area contributed by atoms with Gasteiger partial charge in [-0.3, -0.25) is 4.90 Å². The second-order valence-corrected chi connectivity index (χ2v) is 3.93. The summed E-state index contributed by atoms with van der Waals surface area (Å²) in [7, 11) is 0. The van der Waals surface area contributed by atoms with Crippen molar-refractivity contribution in [2.24, 2.45) is 0 Å². The molecule has 1 aliphatic rings. The average Bonchev–Trinajstić information content (AvgIpc) is 2.71. The average molecular weight is 221 g/mol. The second kappa shape index (κ2) is 4.53. The summed E-state index contributed by atoms with van der Waals surface area (Å²) in [6.45, 7) is 2.28. The summed E-state index contributed by atoms with van der Waals surface area (Å²) in [5, 5.41) is 8.95. The molecule has 0 aliphatic carbocycles. The number of hydrogen-bond donors (Lipinski definition) is 1. The molecule has 0 saturated carbocycles. The molecule has 2 atom stereocenters. The van der Waals surface area contributed by atoms with Crippen LogP contribution in [0.15, 0.2) is 30.3 Å². The predicted molar refractivity (Wildman–Crippen MR) is 58.9 cm³/mol. The van der Waals surface area contributed by atoms with Crippen molar-refractivity contribution < 1.29 is 14.6 Å². The van der Waals surface area contributed by atoms with Crippen molar-refractivity contribution in [2.75, 3.05) is 13.2 Å². The van der Waals surface area contributed by atoms with Crippen molar-refractivity contribution >= 4 is 6.09 Å². The van der Waals surface area contributed by atoms with Gasteiger partial charge in [0.1, 0.15) is 6.10 Å². The first-order valence-corrected chi connectivity index (χ1v) is 5.35. The van der Waals surface area contributed by atoms with E-state index in [0.717, 1.165) is 5.56 Å². The zero-order valence-corrected chi connectivity index (χ0v) is 9.17. The maximum atomic E-state index is 11.6. The van der Waals surface area contributed by atoms with Gasteiger partial charge in [-0.05, 0) is 12.5 Å². The Morgan fingerprint density at radius 3 is 2.75 bits per heavy atom. The van der Waals surface area contributed by atoms with E-state index in [1.54, 1.807) is 4.90 Å².